The van der Waals surface area contributed by atoms with Gasteiger partial charge in [0.2, 0.25) is 0 Å². The number of halogens is 1. The highest BCUT2D eigenvalue weighted by Gasteiger charge is 2.18. The molecule has 0 unspecified atom stereocenters. The molecule has 0 spiro atoms. The first-order valence-electron chi connectivity index (χ1n) is 5.63. The lowest BCUT2D eigenvalue weighted by atomic mass is 10.2. The zero-order valence-corrected chi connectivity index (χ0v) is 12.9. The van der Waals surface area contributed by atoms with E-state index in [4.69, 9.17) is 9.44 Å². The maximum Gasteiger partial charge on any atom is 0.339 e. The molecule has 102 valence electrons. The van der Waals surface area contributed by atoms with Gasteiger partial charge in [-0.05, 0) is 37.3 Å². The Morgan fingerprint density at radius 3 is 2.40 bits per heavy atom. The van der Waals surface area contributed by atoms with Gasteiger partial charge < -0.3 is 4.18 Å². The maximum absolute atomic E-state index is 12.1. The van der Waals surface area contributed by atoms with Crippen molar-refractivity contribution in [1.82, 2.24) is 0 Å². The van der Waals surface area contributed by atoms with Gasteiger partial charge in [0, 0.05) is 4.47 Å². The van der Waals surface area contributed by atoms with Gasteiger partial charge in [-0.2, -0.15) is 13.7 Å². The lowest BCUT2D eigenvalue weighted by Crippen LogP contribution is -2.10. The van der Waals surface area contributed by atoms with Crippen molar-refractivity contribution < 1.29 is 12.6 Å². The fourth-order valence-corrected chi connectivity index (χ4v) is 2.81. The molecule has 0 saturated carbocycles. The van der Waals surface area contributed by atoms with E-state index in [0.717, 1.165) is 5.56 Å². The second-order valence-electron chi connectivity index (χ2n) is 4.10. The Morgan fingerprint density at radius 1 is 1.15 bits per heavy atom. The lowest BCUT2D eigenvalue weighted by Gasteiger charge is -2.09. The van der Waals surface area contributed by atoms with Crippen LogP contribution in [-0.4, -0.2) is 8.42 Å². The highest BCUT2D eigenvalue weighted by molar-refractivity contribution is 9.10. The highest BCUT2D eigenvalue weighted by atomic mass is 79.9. The van der Waals surface area contributed by atoms with E-state index in [1.165, 1.54) is 24.3 Å². The highest BCUT2D eigenvalue weighted by Crippen LogP contribution is 2.26. The van der Waals surface area contributed by atoms with Crippen LogP contribution in [0.4, 0.5) is 0 Å². The van der Waals surface area contributed by atoms with Gasteiger partial charge >= 0.3 is 10.1 Å². The second-order valence-corrected chi connectivity index (χ2v) is 6.56. The minimum absolute atomic E-state index is 0.00227. The van der Waals surface area contributed by atoms with Gasteiger partial charge in [-0.25, -0.2) is 0 Å². The average Bonchev–Trinajstić information content (AvgIpc) is 2.39. The van der Waals surface area contributed by atoms with Crippen LogP contribution in [0.5, 0.6) is 5.75 Å². The number of hydrogen-bond acceptors (Lipinski definition) is 4. The van der Waals surface area contributed by atoms with E-state index in [0.29, 0.717) is 4.47 Å². The van der Waals surface area contributed by atoms with Crippen molar-refractivity contribution >= 4 is 26.0 Å². The first-order chi connectivity index (χ1) is 9.42. The standard InChI is InChI=1S/C14H10BrNO3S/c1-10-2-6-13(7-3-10)20(17,18)19-14-8-12(15)5-4-11(14)9-16/h2-8H,1H3. The number of rotatable bonds is 3. The third kappa shape index (κ3) is 3.18. The molecule has 0 aliphatic carbocycles. The van der Waals surface area contributed by atoms with E-state index in [1.54, 1.807) is 18.2 Å². The normalized spacial score (nSPS) is 10.8. The van der Waals surface area contributed by atoms with E-state index < -0.39 is 10.1 Å². The lowest BCUT2D eigenvalue weighted by molar-refractivity contribution is 0.485. The van der Waals surface area contributed by atoms with Crippen molar-refractivity contribution in [2.45, 2.75) is 11.8 Å². The summed E-state index contributed by atoms with van der Waals surface area (Å²) in [7, 11) is -3.95. The summed E-state index contributed by atoms with van der Waals surface area (Å²) in [5.74, 6) is 0.00227. The first-order valence-corrected chi connectivity index (χ1v) is 7.83. The smallest absolute Gasteiger partial charge is 0.339 e. The molecule has 0 amide bonds. The van der Waals surface area contributed by atoms with E-state index in [1.807, 2.05) is 13.0 Å². The Morgan fingerprint density at radius 2 is 1.80 bits per heavy atom. The molecule has 0 N–H and O–H groups in total. The topological polar surface area (TPSA) is 67.2 Å². The molecule has 0 aliphatic heterocycles. The summed E-state index contributed by atoms with van der Waals surface area (Å²) < 4.78 is 30.0. The molecule has 2 aromatic rings. The zero-order chi connectivity index (χ0) is 14.8. The number of nitrogens with zero attached hydrogens (tertiary/aromatic N) is 1. The van der Waals surface area contributed by atoms with Crippen molar-refractivity contribution in [2.24, 2.45) is 0 Å². The molecule has 0 radical (unpaired) electrons. The van der Waals surface area contributed by atoms with Gasteiger partial charge in [0.15, 0.2) is 5.75 Å². The Hall–Kier alpha value is -1.84. The van der Waals surface area contributed by atoms with Crippen molar-refractivity contribution in [3.8, 4) is 11.8 Å². The van der Waals surface area contributed by atoms with Crippen LogP contribution in [0, 0.1) is 18.3 Å². The largest absolute Gasteiger partial charge is 0.378 e. The third-order valence-electron chi connectivity index (χ3n) is 2.57. The van der Waals surface area contributed by atoms with Gasteiger partial charge in [-0.1, -0.05) is 33.6 Å². The van der Waals surface area contributed by atoms with Gasteiger partial charge in [0.05, 0.1) is 5.56 Å². The number of aryl methyl sites for hydroxylation is 1. The fourth-order valence-electron chi connectivity index (χ4n) is 1.53. The fraction of sp³-hybridized carbons (Fsp3) is 0.0714. The summed E-state index contributed by atoms with van der Waals surface area (Å²) in [6.45, 7) is 1.86. The van der Waals surface area contributed by atoms with E-state index in [-0.39, 0.29) is 16.2 Å². The van der Waals surface area contributed by atoms with Crippen LogP contribution in [0.1, 0.15) is 11.1 Å². The molecule has 2 aromatic carbocycles. The number of nitriles is 1. The Bertz CT molecular complexity index is 777. The van der Waals surface area contributed by atoms with Crippen molar-refractivity contribution in [3.05, 3.63) is 58.1 Å². The van der Waals surface area contributed by atoms with Crippen LogP contribution in [-0.2, 0) is 10.1 Å². The molecular formula is C14H10BrNO3S. The summed E-state index contributed by atoms with van der Waals surface area (Å²) in [5, 5.41) is 8.97. The molecular weight excluding hydrogens is 342 g/mol. The summed E-state index contributed by atoms with van der Waals surface area (Å²) in [6, 6.07) is 12.8. The Kier molecular flexibility index (Phi) is 4.12. The van der Waals surface area contributed by atoms with E-state index >= 15 is 0 Å². The van der Waals surface area contributed by atoms with E-state index in [9.17, 15) is 8.42 Å². The van der Waals surface area contributed by atoms with Crippen LogP contribution in [0.2, 0.25) is 0 Å². The number of benzene rings is 2. The second kappa shape index (κ2) is 5.65. The van der Waals surface area contributed by atoms with Crippen LogP contribution in [0.25, 0.3) is 0 Å². The molecule has 0 fully saturated rings. The predicted molar refractivity (Wildman–Crippen MR) is 77.8 cm³/mol. The average molecular weight is 352 g/mol. The van der Waals surface area contributed by atoms with Gasteiger partial charge in [-0.3, -0.25) is 0 Å². The van der Waals surface area contributed by atoms with Crippen molar-refractivity contribution in [2.75, 3.05) is 0 Å². The Balaban J connectivity index is 2.41. The van der Waals surface area contributed by atoms with Crippen LogP contribution in [0.15, 0.2) is 51.8 Å². The van der Waals surface area contributed by atoms with Gasteiger partial charge in [0.1, 0.15) is 11.0 Å². The zero-order valence-electron chi connectivity index (χ0n) is 10.5. The molecule has 0 heterocycles. The molecule has 4 nitrogen and oxygen atoms in total. The predicted octanol–water partition coefficient (Wildman–Crippen LogP) is 3.40. The third-order valence-corrected chi connectivity index (χ3v) is 4.31. The monoisotopic (exact) mass is 351 g/mol. The quantitative estimate of drug-likeness (QED) is 0.794. The first kappa shape index (κ1) is 14.6. The minimum atomic E-state index is -3.95. The summed E-state index contributed by atoms with van der Waals surface area (Å²) in [5.41, 5.74) is 1.10. The molecule has 0 aromatic heterocycles. The van der Waals surface area contributed by atoms with E-state index in [2.05, 4.69) is 15.9 Å². The minimum Gasteiger partial charge on any atom is -0.378 e. The summed E-state index contributed by atoms with van der Waals surface area (Å²) in [6.07, 6.45) is 0. The molecule has 0 aliphatic rings. The van der Waals surface area contributed by atoms with Crippen LogP contribution in [0.3, 0.4) is 0 Å². The SMILES string of the molecule is Cc1ccc(S(=O)(=O)Oc2cc(Br)ccc2C#N)cc1. The van der Waals surface area contributed by atoms with Crippen LogP contribution < -0.4 is 4.18 Å². The molecule has 0 bridgehead atoms. The molecule has 0 saturated heterocycles. The number of hydrogen-bond donors (Lipinski definition) is 0. The molecule has 0 atom stereocenters. The summed E-state index contributed by atoms with van der Waals surface area (Å²) in [4.78, 5) is 0.0481. The van der Waals surface area contributed by atoms with Gasteiger partial charge in [0.25, 0.3) is 0 Å². The molecule has 20 heavy (non-hydrogen) atoms. The summed E-state index contributed by atoms with van der Waals surface area (Å²) >= 11 is 3.21. The Labute approximate surface area is 125 Å². The van der Waals surface area contributed by atoms with Crippen LogP contribution >= 0.6 is 15.9 Å². The van der Waals surface area contributed by atoms with Crippen molar-refractivity contribution in [3.63, 3.8) is 0 Å². The molecule has 2 rings (SSSR count). The maximum atomic E-state index is 12.1. The van der Waals surface area contributed by atoms with Gasteiger partial charge in [-0.15, -0.1) is 0 Å². The van der Waals surface area contributed by atoms with Crippen molar-refractivity contribution in [1.29, 1.82) is 5.26 Å². The molecule has 6 heteroatoms.